The Morgan fingerprint density at radius 1 is 1.45 bits per heavy atom. The molecule has 0 amide bonds. The van der Waals surface area contributed by atoms with Crippen LogP contribution in [0.15, 0.2) is 47.1 Å². The smallest absolute Gasteiger partial charge is 0.338 e. The number of nitrogens with zero attached hydrogens (tertiary/aromatic N) is 1. The Morgan fingerprint density at radius 2 is 2.09 bits per heavy atom. The van der Waals surface area contributed by atoms with Gasteiger partial charge in [-0.2, -0.15) is 5.26 Å². The Balaban J connectivity index is 2.59. The molecule has 114 valence electrons. The molecule has 1 aromatic carbocycles. The Kier molecular flexibility index (Phi) is 4.37. The van der Waals surface area contributed by atoms with Gasteiger partial charge in [-0.25, -0.2) is 4.79 Å². The van der Waals surface area contributed by atoms with E-state index in [1.807, 2.05) is 6.07 Å². The molecule has 0 radical (unpaired) electrons. The molecule has 1 atom stereocenters. The molecule has 0 saturated heterocycles. The van der Waals surface area contributed by atoms with Crippen molar-refractivity contribution in [3.05, 3.63) is 52.6 Å². The van der Waals surface area contributed by atoms with Crippen LogP contribution in [0.5, 0.6) is 5.75 Å². The van der Waals surface area contributed by atoms with Crippen LogP contribution in [0, 0.1) is 11.3 Å². The summed E-state index contributed by atoms with van der Waals surface area (Å²) in [6.07, 6.45) is 0. The first-order valence-corrected chi connectivity index (χ1v) is 6.74. The maximum absolute atomic E-state index is 12.2. The molecule has 0 bridgehead atoms. The van der Waals surface area contributed by atoms with E-state index in [1.54, 1.807) is 26.0 Å². The van der Waals surface area contributed by atoms with E-state index in [9.17, 15) is 15.2 Å². The number of allylic oxidation sites excluding steroid dienone is 2. The summed E-state index contributed by atoms with van der Waals surface area (Å²) in [6.45, 7) is 3.50. The second kappa shape index (κ2) is 6.22. The Labute approximate surface area is 128 Å². The van der Waals surface area contributed by atoms with Crippen molar-refractivity contribution in [2.24, 2.45) is 5.73 Å². The summed E-state index contributed by atoms with van der Waals surface area (Å²) >= 11 is 0. The lowest BCUT2D eigenvalue weighted by atomic mass is 9.83. The van der Waals surface area contributed by atoms with E-state index >= 15 is 0 Å². The third-order valence-electron chi connectivity index (χ3n) is 3.33. The second-order valence-electron chi connectivity index (χ2n) is 4.71. The summed E-state index contributed by atoms with van der Waals surface area (Å²) in [4.78, 5) is 12.2. The number of carbonyl (C=O) groups excluding carboxylic acids is 1. The van der Waals surface area contributed by atoms with Gasteiger partial charge in [0.1, 0.15) is 23.2 Å². The lowest BCUT2D eigenvalue weighted by Gasteiger charge is -2.26. The highest BCUT2D eigenvalue weighted by Gasteiger charge is 2.36. The summed E-state index contributed by atoms with van der Waals surface area (Å²) in [6, 6.07) is 8.20. The summed E-state index contributed by atoms with van der Waals surface area (Å²) in [5.74, 6) is -0.888. The van der Waals surface area contributed by atoms with Gasteiger partial charge in [0.25, 0.3) is 0 Å². The van der Waals surface area contributed by atoms with Gasteiger partial charge in [0, 0.05) is 0 Å². The van der Waals surface area contributed by atoms with E-state index < -0.39 is 11.9 Å². The molecule has 0 spiro atoms. The van der Waals surface area contributed by atoms with E-state index in [0.717, 1.165) is 0 Å². The van der Waals surface area contributed by atoms with Gasteiger partial charge in [-0.3, -0.25) is 0 Å². The molecule has 2 rings (SSSR count). The topological polar surface area (TPSA) is 106 Å². The minimum atomic E-state index is -0.682. The number of phenols is 1. The molecular formula is C16H16N2O4. The Hall–Kier alpha value is -2.94. The number of hydrogen-bond donors (Lipinski definition) is 2. The normalized spacial score (nSPS) is 17.8. The van der Waals surface area contributed by atoms with E-state index in [-0.39, 0.29) is 29.4 Å². The fourth-order valence-corrected chi connectivity index (χ4v) is 2.35. The van der Waals surface area contributed by atoms with Crippen molar-refractivity contribution in [2.45, 2.75) is 19.8 Å². The van der Waals surface area contributed by atoms with Crippen LogP contribution in [0.2, 0.25) is 0 Å². The SMILES string of the molecule is CCOC(=O)C1=C(C)OC(N)=C(C#N)C1c1ccc(O)cc1. The van der Waals surface area contributed by atoms with Gasteiger partial charge in [-0.1, -0.05) is 12.1 Å². The highest BCUT2D eigenvalue weighted by molar-refractivity contribution is 5.92. The number of rotatable bonds is 3. The summed E-state index contributed by atoms with van der Waals surface area (Å²) in [7, 11) is 0. The molecule has 0 saturated carbocycles. The predicted octanol–water partition coefficient (Wildman–Crippen LogP) is 2.04. The van der Waals surface area contributed by atoms with Crippen LogP contribution < -0.4 is 5.73 Å². The number of benzene rings is 1. The fourth-order valence-electron chi connectivity index (χ4n) is 2.35. The van der Waals surface area contributed by atoms with Gasteiger partial charge < -0.3 is 20.3 Å². The van der Waals surface area contributed by atoms with Gasteiger partial charge in [0.05, 0.1) is 18.1 Å². The van der Waals surface area contributed by atoms with Crippen molar-refractivity contribution in [3.63, 3.8) is 0 Å². The zero-order valence-corrected chi connectivity index (χ0v) is 12.3. The van der Waals surface area contributed by atoms with E-state index in [2.05, 4.69) is 0 Å². The first kappa shape index (κ1) is 15.4. The third kappa shape index (κ3) is 2.74. The molecule has 1 aliphatic heterocycles. The van der Waals surface area contributed by atoms with Crippen LogP contribution in [0.3, 0.4) is 0 Å². The molecule has 0 aromatic heterocycles. The first-order valence-electron chi connectivity index (χ1n) is 6.74. The lowest BCUT2D eigenvalue weighted by Crippen LogP contribution is -2.25. The maximum Gasteiger partial charge on any atom is 0.338 e. The molecular weight excluding hydrogens is 284 g/mol. The Morgan fingerprint density at radius 3 is 2.64 bits per heavy atom. The predicted molar refractivity (Wildman–Crippen MR) is 78.1 cm³/mol. The minimum Gasteiger partial charge on any atom is -0.508 e. The van der Waals surface area contributed by atoms with Crippen molar-refractivity contribution in [1.82, 2.24) is 0 Å². The number of aromatic hydroxyl groups is 1. The van der Waals surface area contributed by atoms with Crippen molar-refractivity contribution in [3.8, 4) is 11.8 Å². The third-order valence-corrected chi connectivity index (χ3v) is 3.33. The largest absolute Gasteiger partial charge is 0.508 e. The average molecular weight is 300 g/mol. The van der Waals surface area contributed by atoms with E-state index in [0.29, 0.717) is 11.3 Å². The van der Waals surface area contributed by atoms with Gasteiger partial charge in [-0.15, -0.1) is 0 Å². The standard InChI is InChI=1S/C16H16N2O4/c1-3-21-16(20)13-9(2)22-15(18)12(8-17)14(13)10-4-6-11(19)7-5-10/h4-7,14,19H,3,18H2,1-2H3. The quantitative estimate of drug-likeness (QED) is 0.827. The lowest BCUT2D eigenvalue weighted by molar-refractivity contribution is -0.139. The fraction of sp³-hybridized carbons (Fsp3) is 0.250. The van der Waals surface area contributed by atoms with Crippen LogP contribution in [0.25, 0.3) is 0 Å². The number of carbonyl (C=O) groups is 1. The molecule has 1 unspecified atom stereocenters. The van der Waals surface area contributed by atoms with E-state index in [1.165, 1.54) is 12.1 Å². The molecule has 0 fully saturated rings. The number of esters is 1. The number of nitrogens with two attached hydrogens (primary N) is 1. The van der Waals surface area contributed by atoms with Gasteiger partial charge >= 0.3 is 5.97 Å². The number of phenolic OH excluding ortho intramolecular Hbond substituents is 1. The average Bonchev–Trinajstić information content (AvgIpc) is 2.47. The summed E-state index contributed by atoms with van der Waals surface area (Å²) in [5.41, 5.74) is 6.79. The summed E-state index contributed by atoms with van der Waals surface area (Å²) < 4.78 is 10.4. The molecule has 0 aliphatic carbocycles. The zero-order valence-electron chi connectivity index (χ0n) is 12.3. The maximum atomic E-state index is 12.2. The monoisotopic (exact) mass is 300 g/mol. The van der Waals surface area contributed by atoms with Gasteiger partial charge in [-0.05, 0) is 31.5 Å². The van der Waals surface area contributed by atoms with Crippen molar-refractivity contribution in [1.29, 1.82) is 5.26 Å². The summed E-state index contributed by atoms with van der Waals surface area (Å²) in [5, 5.41) is 18.8. The molecule has 6 nitrogen and oxygen atoms in total. The van der Waals surface area contributed by atoms with Crippen LogP contribution in [-0.2, 0) is 14.3 Å². The molecule has 1 heterocycles. The van der Waals surface area contributed by atoms with Crippen molar-refractivity contribution < 1.29 is 19.4 Å². The highest BCUT2D eigenvalue weighted by atomic mass is 16.5. The molecule has 22 heavy (non-hydrogen) atoms. The number of nitriles is 1. The van der Waals surface area contributed by atoms with Crippen LogP contribution >= 0.6 is 0 Å². The molecule has 3 N–H and O–H groups in total. The van der Waals surface area contributed by atoms with Crippen LogP contribution in [-0.4, -0.2) is 17.7 Å². The molecule has 1 aromatic rings. The number of ether oxygens (including phenoxy) is 2. The number of hydrogen-bond acceptors (Lipinski definition) is 6. The van der Waals surface area contributed by atoms with Gasteiger partial charge in [0.2, 0.25) is 5.88 Å². The second-order valence-corrected chi connectivity index (χ2v) is 4.71. The zero-order chi connectivity index (χ0) is 16.3. The first-order chi connectivity index (χ1) is 10.5. The van der Waals surface area contributed by atoms with Crippen LogP contribution in [0.4, 0.5) is 0 Å². The molecule has 6 heteroatoms. The Bertz CT molecular complexity index is 696. The van der Waals surface area contributed by atoms with Gasteiger partial charge in [0.15, 0.2) is 0 Å². The van der Waals surface area contributed by atoms with Crippen molar-refractivity contribution >= 4 is 5.97 Å². The minimum absolute atomic E-state index is 0.0360. The van der Waals surface area contributed by atoms with E-state index in [4.69, 9.17) is 15.2 Å². The van der Waals surface area contributed by atoms with Crippen LogP contribution in [0.1, 0.15) is 25.3 Å². The highest BCUT2D eigenvalue weighted by Crippen LogP contribution is 2.39. The molecule has 1 aliphatic rings. The van der Waals surface area contributed by atoms with Crippen molar-refractivity contribution in [2.75, 3.05) is 6.61 Å².